The van der Waals surface area contributed by atoms with Crippen molar-refractivity contribution in [3.63, 3.8) is 0 Å². The Kier molecular flexibility index (Phi) is 5.59. The number of nitrogens with one attached hydrogen (secondary N) is 1. The summed E-state index contributed by atoms with van der Waals surface area (Å²) in [5.74, 6) is 2.21. The largest absolute Gasteiger partial charge is 0.314 e. The third-order valence-electron chi connectivity index (χ3n) is 4.65. The fourth-order valence-electron chi connectivity index (χ4n) is 3.91. The minimum atomic E-state index is -0.0627. The molecule has 1 aliphatic carbocycles. The molecule has 1 nitrogen and oxygen atoms in total. The quantitative estimate of drug-likeness (QED) is 0.840. The lowest BCUT2D eigenvalue weighted by molar-refractivity contribution is 0.176. The van der Waals surface area contributed by atoms with E-state index >= 15 is 0 Å². The Balaban J connectivity index is 2.08. The average molecular weight is 277 g/mol. The van der Waals surface area contributed by atoms with E-state index < -0.39 is 0 Å². The highest BCUT2D eigenvalue weighted by Gasteiger charge is 2.30. The van der Waals surface area contributed by atoms with Crippen molar-refractivity contribution in [1.29, 1.82) is 0 Å². The summed E-state index contributed by atoms with van der Waals surface area (Å²) in [4.78, 5) is 0. The van der Waals surface area contributed by atoms with E-state index in [-0.39, 0.29) is 5.82 Å². The molecule has 0 amide bonds. The van der Waals surface area contributed by atoms with Gasteiger partial charge in [-0.2, -0.15) is 0 Å². The van der Waals surface area contributed by atoms with Crippen molar-refractivity contribution in [2.45, 2.75) is 52.5 Å². The van der Waals surface area contributed by atoms with Crippen molar-refractivity contribution in [3.8, 4) is 0 Å². The monoisotopic (exact) mass is 277 g/mol. The maximum Gasteiger partial charge on any atom is 0.126 e. The van der Waals surface area contributed by atoms with Gasteiger partial charge in [0.1, 0.15) is 5.82 Å². The second-order valence-corrected chi connectivity index (χ2v) is 6.64. The van der Waals surface area contributed by atoms with Crippen molar-refractivity contribution in [1.82, 2.24) is 5.32 Å². The van der Waals surface area contributed by atoms with E-state index in [9.17, 15) is 4.39 Å². The van der Waals surface area contributed by atoms with Crippen LogP contribution in [0.5, 0.6) is 0 Å². The summed E-state index contributed by atoms with van der Waals surface area (Å²) < 4.78 is 13.9. The van der Waals surface area contributed by atoms with Crippen LogP contribution in [0, 0.1) is 23.6 Å². The van der Waals surface area contributed by atoms with Gasteiger partial charge in [-0.05, 0) is 61.6 Å². The Morgan fingerprint density at radius 3 is 2.40 bits per heavy atom. The molecule has 1 aliphatic rings. The van der Waals surface area contributed by atoms with Gasteiger partial charge in [0.25, 0.3) is 0 Å². The maximum absolute atomic E-state index is 13.9. The third-order valence-corrected chi connectivity index (χ3v) is 4.65. The summed E-state index contributed by atoms with van der Waals surface area (Å²) in [6, 6.07) is 7.61. The van der Waals surface area contributed by atoms with Crippen molar-refractivity contribution in [3.05, 3.63) is 35.6 Å². The van der Waals surface area contributed by atoms with Crippen LogP contribution in [0.1, 0.15) is 45.6 Å². The fourth-order valence-corrected chi connectivity index (χ4v) is 3.91. The predicted octanol–water partition coefficient (Wildman–Crippen LogP) is 4.42. The van der Waals surface area contributed by atoms with Gasteiger partial charge in [0.05, 0.1) is 0 Å². The molecule has 2 rings (SSSR count). The van der Waals surface area contributed by atoms with Crippen molar-refractivity contribution < 1.29 is 4.39 Å². The van der Waals surface area contributed by atoms with Gasteiger partial charge in [-0.15, -0.1) is 0 Å². The lowest BCUT2D eigenvalue weighted by Crippen LogP contribution is -2.41. The second-order valence-electron chi connectivity index (χ2n) is 6.64. The molecule has 1 saturated carbocycles. The van der Waals surface area contributed by atoms with Crippen molar-refractivity contribution >= 4 is 0 Å². The Morgan fingerprint density at radius 2 is 1.80 bits per heavy atom. The Hall–Kier alpha value is -0.890. The van der Waals surface area contributed by atoms with E-state index in [0.717, 1.165) is 30.4 Å². The Bertz CT molecular complexity index is 408. The maximum atomic E-state index is 13.9. The van der Waals surface area contributed by atoms with Crippen LogP contribution in [0.2, 0.25) is 0 Å². The van der Waals surface area contributed by atoms with Gasteiger partial charge in [0, 0.05) is 6.04 Å². The molecule has 1 aromatic carbocycles. The molecule has 20 heavy (non-hydrogen) atoms. The number of hydrogen-bond acceptors (Lipinski definition) is 1. The molecule has 0 heterocycles. The van der Waals surface area contributed by atoms with Crippen LogP contribution in [0.3, 0.4) is 0 Å². The van der Waals surface area contributed by atoms with E-state index in [1.54, 1.807) is 12.1 Å². The Labute approximate surface area is 123 Å². The molecule has 0 aromatic heterocycles. The molecule has 2 heteroatoms. The fraction of sp³-hybridized carbons (Fsp3) is 0.667. The van der Waals surface area contributed by atoms with Gasteiger partial charge < -0.3 is 5.32 Å². The van der Waals surface area contributed by atoms with E-state index in [4.69, 9.17) is 0 Å². The molecule has 1 fully saturated rings. The molecule has 0 bridgehead atoms. The van der Waals surface area contributed by atoms with E-state index in [1.165, 1.54) is 19.3 Å². The number of hydrogen-bond donors (Lipinski definition) is 1. The molecule has 1 aromatic rings. The van der Waals surface area contributed by atoms with E-state index in [2.05, 4.69) is 26.1 Å². The van der Waals surface area contributed by atoms with Crippen LogP contribution in [-0.2, 0) is 6.42 Å². The van der Waals surface area contributed by atoms with E-state index in [1.807, 2.05) is 12.1 Å². The molecule has 0 spiro atoms. The normalized spacial score (nSPS) is 28.3. The molecule has 3 unspecified atom stereocenters. The minimum Gasteiger partial charge on any atom is -0.314 e. The summed E-state index contributed by atoms with van der Waals surface area (Å²) in [5, 5.41) is 3.60. The predicted molar refractivity (Wildman–Crippen MR) is 83.2 cm³/mol. The van der Waals surface area contributed by atoms with Crippen molar-refractivity contribution in [2.24, 2.45) is 17.8 Å². The highest BCUT2D eigenvalue weighted by atomic mass is 19.1. The number of likely N-dealkylation sites (N-methyl/N-ethyl adjacent to an activating group) is 1. The average Bonchev–Trinajstić information content (AvgIpc) is 2.39. The molecular weight excluding hydrogens is 249 g/mol. The number of benzene rings is 1. The van der Waals surface area contributed by atoms with Gasteiger partial charge in [0.15, 0.2) is 0 Å². The molecular formula is C18H28FN. The van der Waals surface area contributed by atoms with Crippen LogP contribution in [0.4, 0.5) is 4.39 Å². The highest BCUT2D eigenvalue weighted by Crippen LogP contribution is 2.35. The Morgan fingerprint density at radius 1 is 1.15 bits per heavy atom. The SMILES string of the molecule is CCNC(Cc1ccccc1F)C1CC(C)CC(C)C1. The van der Waals surface area contributed by atoms with Crippen molar-refractivity contribution in [2.75, 3.05) is 6.54 Å². The zero-order valence-electron chi connectivity index (χ0n) is 13.0. The minimum absolute atomic E-state index is 0.0627. The van der Waals surface area contributed by atoms with Gasteiger partial charge in [0.2, 0.25) is 0 Å². The molecule has 112 valence electrons. The second kappa shape index (κ2) is 7.21. The topological polar surface area (TPSA) is 12.0 Å². The van der Waals surface area contributed by atoms with Gasteiger partial charge in [-0.1, -0.05) is 39.0 Å². The first-order valence-electron chi connectivity index (χ1n) is 8.06. The summed E-state index contributed by atoms with van der Waals surface area (Å²) in [7, 11) is 0. The standard InChI is InChI=1S/C18H28FN/c1-4-20-18(12-15-7-5-6-8-17(15)19)16-10-13(2)9-14(3)11-16/h5-8,13-14,16,18,20H,4,9-12H2,1-3H3. The first kappa shape index (κ1) is 15.5. The summed E-state index contributed by atoms with van der Waals surface area (Å²) in [5.41, 5.74) is 0.851. The molecule has 0 radical (unpaired) electrons. The molecule has 0 saturated heterocycles. The summed E-state index contributed by atoms with van der Waals surface area (Å²) in [6.07, 6.45) is 4.70. The van der Waals surface area contributed by atoms with Crippen LogP contribution < -0.4 is 5.32 Å². The number of halogens is 1. The highest BCUT2D eigenvalue weighted by molar-refractivity contribution is 5.18. The summed E-state index contributed by atoms with van der Waals surface area (Å²) >= 11 is 0. The lowest BCUT2D eigenvalue weighted by Gasteiger charge is -2.37. The summed E-state index contributed by atoms with van der Waals surface area (Å²) in [6.45, 7) is 7.81. The zero-order valence-corrected chi connectivity index (χ0v) is 13.0. The molecule has 0 aliphatic heterocycles. The lowest BCUT2D eigenvalue weighted by atomic mass is 9.72. The van der Waals surface area contributed by atoms with Gasteiger partial charge in [-0.25, -0.2) is 4.39 Å². The van der Waals surface area contributed by atoms with Crippen LogP contribution in [-0.4, -0.2) is 12.6 Å². The molecule has 3 atom stereocenters. The smallest absolute Gasteiger partial charge is 0.126 e. The molecule has 1 N–H and O–H groups in total. The van der Waals surface area contributed by atoms with Gasteiger partial charge >= 0.3 is 0 Å². The van der Waals surface area contributed by atoms with Gasteiger partial charge in [-0.3, -0.25) is 0 Å². The van der Waals surface area contributed by atoms with E-state index in [0.29, 0.717) is 12.0 Å². The first-order chi connectivity index (χ1) is 9.60. The third kappa shape index (κ3) is 4.05. The van der Waals surface area contributed by atoms with Crippen LogP contribution >= 0.6 is 0 Å². The first-order valence-corrected chi connectivity index (χ1v) is 8.06. The number of rotatable bonds is 5. The van der Waals surface area contributed by atoms with Crippen LogP contribution in [0.25, 0.3) is 0 Å². The zero-order chi connectivity index (χ0) is 14.5. The van der Waals surface area contributed by atoms with Crippen LogP contribution in [0.15, 0.2) is 24.3 Å².